The minimum Gasteiger partial charge on any atom is -0.496 e. The third-order valence-electron chi connectivity index (χ3n) is 5.97. The van der Waals surface area contributed by atoms with Crippen molar-refractivity contribution in [1.29, 1.82) is 0 Å². The van der Waals surface area contributed by atoms with Gasteiger partial charge in [0.25, 0.3) is 10.0 Å². The lowest BCUT2D eigenvalue weighted by molar-refractivity contribution is 0.147. The third-order valence-corrected chi connectivity index (χ3v) is 7.65. The molecule has 0 heterocycles. The summed E-state index contributed by atoms with van der Waals surface area (Å²) in [6.07, 6.45) is 1.26. The SMILES string of the molecule is CCOC(=O)N[C@H]1CCc2c(NS(=O)(=O)c3ccccc3-c3ccc(Cl)cc3)ccc(OC)c2C1. The molecule has 7 nitrogen and oxygen atoms in total. The first-order valence-corrected chi connectivity index (χ1v) is 13.2. The second-order valence-electron chi connectivity index (χ2n) is 8.19. The van der Waals surface area contributed by atoms with Crippen LogP contribution in [0.15, 0.2) is 65.6 Å². The Hall–Kier alpha value is -3.23. The van der Waals surface area contributed by atoms with E-state index < -0.39 is 16.1 Å². The first-order valence-electron chi connectivity index (χ1n) is 11.3. The summed E-state index contributed by atoms with van der Waals surface area (Å²) in [6, 6.07) is 17.2. The molecule has 0 radical (unpaired) electrons. The van der Waals surface area contributed by atoms with E-state index in [1.165, 1.54) is 0 Å². The molecule has 35 heavy (non-hydrogen) atoms. The number of carbonyl (C=O) groups excluding carboxylic acids is 1. The van der Waals surface area contributed by atoms with Gasteiger partial charge in [0.1, 0.15) is 5.75 Å². The monoisotopic (exact) mass is 514 g/mol. The summed E-state index contributed by atoms with van der Waals surface area (Å²) in [5, 5.41) is 3.45. The van der Waals surface area contributed by atoms with Gasteiger partial charge in [-0.2, -0.15) is 0 Å². The summed E-state index contributed by atoms with van der Waals surface area (Å²) in [5.74, 6) is 0.653. The fourth-order valence-corrected chi connectivity index (χ4v) is 5.82. The highest BCUT2D eigenvalue weighted by Gasteiger charge is 2.28. The van der Waals surface area contributed by atoms with Crippen LogP contribution in [-0.4, -0.2) is 34.3 Å². The first-order chi connectivity index (χ1) is 16.8. The first kappa shape index (κ1) is 24.9. The van der Waals surface area contributed by atoms with Gasteiger partial charge < -0.3 is 14.8 Å². The van der Waals surface area contributed by atoms with Crippen molar-refractivity contribution < 1.29 is 22.7 Å². The molecule has 0 aromatic heterocycles. The number of carbonyl (C=O) groups is 1. The highest BCUT2D eigenvalue weighted by Crippen LogP contribution is 2.37. The highest BCUT2D eigenvalue weighted by atomic mass is 35.5. The summed E-state index contributed by atoms with van der Waals surface area (Å²) >= 11 is 6.01. The van der Waals surface area contributed by atoms with Gasteiger partial charge in [0.15, 0.2) is 0 Å². The molecule has 1 aliphatic carbocycles. The van der Waals surface area contributed by atoms with E-state index >= 15 is 0 Å². The van der Waals surface area contributed by atoms with Crippen molar-refractivity contribution >= 4 is 33.4 Å². The van der Waals surface area contributed by atoms with Gasteiger partial charge in [0.05, 0.1) is 24.3 Å². The summed E-state index contributed by atoms with van der Waals surface area (Å²) in [5.41, 5.74) is 3.56. The molecular weight excluding hydrogens is 488 g/mol. The number of amides is 1. The number of anilines is 1. The summed E-state index contributed by atoms with van der Waals surface area (Å²) in [7, 11) is -2.34. The van der Waals surface area contributed by atoms with Crippen LogP contribution in [0.25, 0.3) is 11.1 Å². The van der Waals surface area contributed by atoms with Crippen molar-refractivity contribution in [3.8, 4) is 16.9 Å². The van der Waals surface area contributed by atoms with Gasteiger partial charge in [0.2, 0.25) is 0 Å². The van der Waals surface area contributed by atoms with Crippen LogP contribution >= 0.6 is 11.6 Å². The minimum absolute atomic E-state index is 0.132. The molecule has 0 saturated heterocycles. The number of benzene rings is 3. The third kappa shape index (κ3) is 5.55. The number of hydrogen-bond acceptors (Lipinski definition) is 5. The number of rotatable bonds is 7. The standard InChI is InChI=1S/C26H27ClN2O5S/c1-3-34-26(30)28-19-12-13-21-22(16-19)24(33-2)15-14-23(21)29-35(31,32)25-7-5-4-6-20(25)17-8-10-18(27)11-9-17/h4-11,14-15,19,29H,3,12-13,16H2,1-2H3,(H,28,30)/t19-/m0/s1. The summed E-state index contributed by atoms with van der Waals surface area (Å²) < 4.78 is 40.4. The second kappa shape index (κ2) is 10.6. The van der Waals surface area contributed by atoms with Gasteiger partial charge in [-0.3, -0.25) is 4.72 Å². The van der Waals surface area contributed by atoms with Crippen LogP contribution in [0.5, 0.6) is 5.75 Å². The van der Waals surface area contributed by atoms with E-state index in [1.807, 2.05) is 0 Å². The summed E-state index contributed by atoms with van der Waals surface area (Å²) in [4.78, 5) is 12.1. The number of methoxy groups -OCH3 is 1. The Kier molecular flexibility index (Phi) is 7.52. The zero-order chi connectivity index (χ0) is 25.0. The molecule has 1 atom stereocenters. The fourth-order valence-electron chi connectivity index (χ4n) is 4.37. The number of alkyl carbamates (subject to hydrolysis) is 1. The largest absolute Gasteiger partial charge is 0.496 e. The van der Waals surface area contributed by atoms with Gasteiger partial charge in [0, 0.05) is 22.2 Å². The van der Waals surface area contributed by atoms with Crippen LogP contribution in [-0.2, 0) is 27.6 Å². The van der Waals surface area contributed by atoms with E-state index in [4.69, 9.17) is 21.1 Å². The molecule has 0 unspecified atom stereocenters. The number of halogens is 1. The van der Waals surface area contributed by atoms with Crippen molar-refractivity contribution in [3.05, 3.63) is 76.8 Å². The van der Waals surface area contributed by atoms with E-state index in [0.29, 0.717) is 47.9 Å². The van der Waals surface area contributed by atoms with Gasteiger partial charge in [-0.15, -0.1) is 0 Å². The fraction of sp³-hybridized carbons (Fsp3) is 0.269. The Morgan fingerprint density at radius 2 is 1.80 bits per heavy atom. The molecule has 3 aromatic carbocycles. The lowest BCUT2D eigenvalue weighted by Crippen LogP contribution is -2.39. The molecule has 0 bridgehead atoms. The van der Waals surface area contributed by atoms with E-state index in [2.05, 4.69) is 10.0 Å². The predicted octanol–water partition coefficient (Wildman–Crippen LogP) is 5.42. The van der Waals surface area contributed by atoms with Gasteiger partial charge in [-0.25, -0.2) is 13.2 Å². The minimum atomic E-state index is -3.91. The molecule has 0 fully saturated rings. The lowest BCUT2D eigenvalue weighted by atomic mass is 9.86. The Bertz CT molecular complexity index is 1330. The van der Waals surface area contributed by atoms with Crippen LogP contribution in [0.1, 0.15) is 24.5 Å². The number of hydrogen-bond donors (Lipinski definition) is 2. The van der Waals surface area contributed by atoms with Crippen LogP contribution < -0.4 is 14.8 Å². The van der Waals surface area contributed by atoms with Crippen LogP contribution in [0.4, 0.5) is 10.5 Å². The van der Waals surface area contributed by atoms with Crippen LogP contribution in [0.3, 0.4) is 0 Å². The van der Waals surface area contributed by atoms with Crippen molar-refractivity contribution in [2.24, 2.45) is 0 Å². The van der Waals surface area contributed by atoms with Gasteiger partial charge in [-0.05, 0) is 67.6 Å². The maximum Gasteiger partial charge on any atom is 0.407 e. The van der Waals surface area contributed by atoms with E-state index in [1.54, 1.807) is 74.7 Å². The summed E-state index contributed by atoms with van der Waals surface area (Å²) in [6.45, 7) is 2.05. The van der Waals surface area contributed by atoms with Gasteiger partial charge >= 0.3 is 6.09 Å². The molecule has 1 amide bonds. The highest BCUT2D eigenvalue weighted by molar-refractivity contribution is 7.92. The van der Waals surface area contributed by atoms with Crippen LogP contribution in [0, 0.1) is 0 Å². The Morgan fingerprint density at radius 1 is 1.06 bits per heavy atom. The average Bonchev–Trinajstić information content (AvgIpc) is 2.84. The maximum atomic E-state index is 13.5. The average molecular weight is 515 g/mol. The van der Waals surface area contributed by atoms with Crippen molar-refractivity contribution in [2.45, 2.75) is 37.1 Å². The number of nitrogens with one attached hydrogen (secondary N) is 2. The van der Waals surface area contributed by atoms with E-state index in [9.17, 15) is 13.2 Å². The molecule has 184 valence electrons. The molecule has 9 heteroatoms. The van der Waals surface area contributed by atoms with Crippen molar-refractivity contribution in [3.63, 3.8) is 0 Å². The van der Waals surface area contributed by atoms with E-state index in [-0.39, 0.29) is 10.9 Å². The molecular formula is C26H27ClN2O5S. The molecule has 0 spiro atoms. The molecule has 0 aliphatic heterocycles. The number of ether oxygens (including phenoxy) is 2. The Balaban J connectivity index is 1.66. The molecule has 2 N–H and O–H groups in total. The quantitative estimate of drug-likeness (QED) is 0.439. The smallest absolute Gasteiger partial charge is 0.407 e. The maximum absolute atomic E-state index is 13.5. The topological polar surface area (TPSA) is 93.7 Å². The predicted molar refractivity (Wildman–Crippen MR) is 137 cm³/mol. The number of fused-ring (bicyclic) bond motifs is 1. The molecule has 3 aromatic rings. The molecule has 0 saturated carbocycles. The normalized spacial score (nSPS) is 15.1. The molecule has 1 aliphatic rings. The second-order valence-corrected chi connectivity index (χ2v) is 10.3. The zero-order valence-electron chi connectivity index (χ0n) is 19.5. The lowest BCUT2D eigenvalue weighted by Gasteiger charge is -2.28. The molecule has 4 rings (SSSR count). The van der Waals surface area contributed by atoms with Crippen molar-refractivity contribution in [1.82, 2.24) is 5.32 Å². The van der Waals surface area contributed by atoms with E-state index in [0.717, 1.165) is 16.7 Å². The van der Waals surface area contributed by atoms with Gasteiger partial charge in [-0.1, -0.05) is 41.9 Å². The zero-order valence-corrected chi connectivity index (χ0v) is 21.1. The Labute approximate surface area is 210 Å². The number of sulfonamides is 1. The van der Waals surface area contributed by atoms with Crippen molar-refractivity contribution in [2.75, 3.05) is 18.4 Å². The van der Waals surface area contributed by atoms with Crippen LogP contribution in [0.2, 0.25) is 5.02 Å². The Morgan fingerprint density at radius 3 is 2.51 bits per heavy atom.